The van der Waals surface area contributed by atoms with Crippen molar-refractivity contribution < 1.29 is 0 Å². The van der Waals surface area contributed by atoms with Crippen LogP contribution in [0.4, 0.5) is 0 Å². The Labute approximate surface area is 120 Å². The zero-order valence-electron chi connectivity index (χ0n) is 13.3. The van der Waals surface area contributed by atoms with Crippen LogP contribution in [-0.4, -0.2) is 18.0 Å². The lowest BCUT2D eigenvalue weighted by atomic mass is 9.91. The van der Waals surface area contributed by atoms with Gasteiger partial charge in [-0.25, -0.2) is 0 Å². The minimum Gasteiger partial charge on any atom is -0.371 e. The van der Waals surface area contributed by atoms with Crippen molar-refractivity contribution in [3.8, 4) is 0 Å². The van der Waals surface area contributed by atoms with Gasteiger partial charge < -0.3 is 4.90 Å². The highest BCUT2D eigenvalue weighted by atomic mass is 15.1. The van der Waals surface area contributed by atoms with Gasteiger partial charge in [0.05, 0.1) is 0 Å². The van der Waals surface area contributed by atoms with Crippen molar-refractivity contribution >= 4 is 0 Å². The van der Waals surface area contributed by atoms with Gasteiger partial charge in [0.25, 0.3) is 0 Å². The van der Waals surface area contributed by atoms with Crippen LogP contribution >= 0.6 is 0 Å². The van der Waals surface area contributed by atoms with Crippen LogP contribution < -0.4 is 0 Å². The Kier molecular flexibility index (Phi) is 6.41. The van der Waals surface area contributed by atoms with Crippen LogP contribution in [0.25, 0.3) is 0 Å². The largest absolute Gasteiger partial charge is 0.371 e. The Morgan fingerprint density at radius 1 is 1.37 bits per heavy atom. The van der Waals surface area contributed by atoms with Crippen molar-refractivity contribution in [1.82, 2.24) is 4.90 Å². The first-order valence-electron chi connectivity index (χ1n) is 7.71. The van der Waals surface area contributed by atoms with Gasteiger partial charge in [-0.3, -0.25) is 0 Å². The SMILES string of the molecule is C=C(N(C/C=C\C1CC=CCC1)CCC)C(C)(C)C. The quantitative estimate of drug-likeness (QED) is 0.596. The van der Waals surface area contributed by atoms with E-state index < -0.39 is 0 Å². The van der Waals surface area contributed by atoms with Crippen molar-refractivity contribution in [2.75, 3.05) is 13.1 Å². The maximum Gasteiger partial charge on any atom is 0.0356 e. The molecule has 1 heteroatoms. The zero-order chi connectivity index (χ0) is 14.3. The molecule has 0 radical (unpaired) electrons. The molecular formula is C18H31N. The molecule has 0 bridgehead atoms. The third-order valence-electron chi connectivity index (χ3n) is 3.78. The average molecular weight is 261 g/mol. The van der Waals surface area contributed by atoms with Crippen LogP contribution in [0.3, 0.4) is 0 Å². The van der Waals surface area contributed by atoms with Gasteiger partial charge in [-0.15, -0.1) is 0 Å². The molecule has 19 heavy (non-hydrogen) atoms. The number of hydrogen-bond acceptors (Lipinski definition) is 1. The summed E-state index contributed by atoms with van der Waals surface area (Å²) in [6.45, 7) is 15.4. The predicted molar refractivity (Wildman–Crippen MR) is 86.1 cm³/mol. The minimum absolute atomic E-state index is 0.163. The van der Waals surface area contributed by atoms with Crippen LogP contribution in [0.5, 0.6) is 0 Å². The molecule has 0 aromatic heterocycles. The molecule has 1 atom stereocenters. The van der Waals surface area contributed by atoms with Crippen molar-refractivity contribution in [2.24, 2.45) is 11.3 Å². The molecule has 1 rings (SSSR count). The molecule has 1 aliphatic rings. The molecule has 108 valence electrons. The second-order valence-corrected chi connectivity index (χ2v) is 6.62. The molecule has 0 saturated carbocycles. The van der Waals surface area contributed by atoms with Crippen LogP contribution in [0.15, 0.2) is 36.6 Å². The van der Waals surface area contributed by atoms with Gasteiger partial charge in [-0.1, -0.05) is 58.6 Å². The van der Waals surface area contributed by atoms with E-state index in [9.17, 15) is 0 Å². The van der Waals surface area contributed by atoms with Crippen LogP contribution in [-0.2, 0) is 0 Å². The second kappa shape index (κ2) is 7.57. The first-order valence-corrected chi connectivity index (χ1v) is 7.71. The molecule has 0 fully saturated rings. The van der Waals surface area contributed by atoms with E-state index in [1.807, 2.05) is 0 Å². The molecule has 1 unspecified atom stereocenters. The Balaban J connectivity index is 2.51. The standard InChI is InChI=1S/C18H31N/c1-6-14-19(16(2)18(3,4)5)15-10-13-17-11-8-7-9-12-17/h7-8,10,13,17H,2,6,9,11-12,14-15H2,1,3-5H3/b13-10-. The molecule has 1 nitrogen and oxygen atoms in total. The minimum atomic E-state index is 0.163. The van der Waals surface area contributed by atoms with Gasteiger partial charge in [0.15, 0.2) is 0 Å². The Morgan fingerprint density at radius 2 is 2.11 bits per heavy atom. The average Bonchev–Trinajstić information content (AvgIpc) is 2.37. The van der Waals surface area contributed by atoms with Crippen molar-refractivity contribution in [2.45, 2.75) is 53.4 Å². The first-order chi connectivity index (χ1) is 8.95. The number of rotatable bonds is 6. The third kappa shape index (κ3) is 5.67. The summed E-state index contributed by atoms with van der Waals surface area (Å²) in [4.78, 5) is 2.43. The van der Waals surface area contributed by atoms with Gasteiger partial charge in [-0.05, 0) is 31.6 Å². The normalized spacial score (nSPS) is 19.9. The molecule has 0 aliphatic heterocycles. The maximum absolute atomic E-state index is 4.29. The fourth-order valence-corrected chi connectivity index (χ4v) is 2.45. The van der Waals surface area contributed by atoms with Crippen LogP contribution in [0, 0.1) is 11.3 Å². The highest BCUT2D eigenvalue weighted by Gasteiger charge is 2.19. The van der Waals surface area contributed by atoms with Gasteiger partial charge in [0.1, 0.15) is 0 Å². The smallest absolute Gasteiger partial charge is 0.0356 e. The summed E-state index contributed by atoms with van der Waals surface area (Å²) >= 11 is 0. The summed E-state index contributed by atoms with van der Waals surface area (Å²) in [5.41, 5.74) is 1.42. The summed E-state index contributed by atoms with van der Waals surface area (Å²) in [5.74, 6) is 0.747. The lowest BCUT2D eigenvalue weighted by Gasteiger charge is -2.33. The van der Waals surface area contributed by atoms with E-state index in [1.54, 1.807) is 0 Å². The highest BCUT2D eigenvalue weighted by Crippen LogP contribution is 2.27. The third-order valence-corrected chi connectivity index (χ3v) is 3.78. The summed E-state index contributed by atoms with van der Waals surface area (Å²) in [5, 5.41) is 0. The van der Waals surface area contributed by atoms with E-state index in [-0.39, 0.29) is 5.41 Å². The molecule has 0 saturated heterocycles. The van der Waals surface area contributed by atoms with E-state index in [0.29, 0.717) is 0 Å². The van der Waals surface area contributed by atoms with Gasteiger partial charge in [-0.2, -0.15) is 0 Å². The van der Waals surface area contributed by atoms with E-state index in [2.05, 4.69) is 63.5 Å². The summed E-state index contributed by atoms with van der Waals surface area (Å²) in [6.07, 6.45) is 14.3. The molecule has 0 amide bonds. The summed E-state index contributed by atoms with van der Waals surface area (Å²) in [7, 11) is 0. The number of allylic oxidation sites excluding steroid dienone is 4. The first kappa shape index (κ1) is 16.1. The van der Waals surface area contributed by atoms with Gasteiger partial charge >= 0.3 is 0 Å². The number of nitrogens with zero attached hydrogens (tertiary/aromatic N) is 1. The molecule has 0 heterocycles. The molecule has 0 aromatic carbocycles. The van der Waals surface area contributed by atoms with Gasteiger partial charge in [0, 0.05) is 24.2 Å². The molecule has 0 spiro atoms. The molecule has 0 N–H and O–H groups in total. The summed E-state index contributed by atoms with van der Waals surface area (Å²) < 4.78 is 0. The van der Waals surface area contributed by atoms with Gasteiger partial charge in [0.2, 0.25) is 0 Å². The topological polar surface area (TPSA) is 3.24 Å². The zero-order valence-corrected chi connectivity index (χ0v) is 13.3. The van der Waals surface area contributed by atoms with E-state index in [0.717, 1.165) is 19.0 Å². The fourth-order valence-electron chi connectivity index (χ4n) is 2.45. The van der Waals surface area contributed by atoms with Crippen molar-refractivity contribution in [1.29, 1.82) is 0 Å². The summed E-state index contributed by atoms with van der Waals surface area (Å²) in [6, 6.07) is 0. The molecule has 0 aromatic rings. The fraction of sp³-hybridized carbons (Fsp3) is 0.667. The maximum atomic E-state index is 4.29. The lowest BCUT2D eigenvalue weighted by molar-refractivity contribution is 0.290. The predicted octanol–water partition coefficient (Wildman–Crippen LogP) is 5.17. The molecular weight excluding hydrogens is 230 g/mol. The lowest BCUT2D eigenvalue weighted by Crippen LogP contribution is -2.30. The van der Waals surface area contributed by atoms with E-state index >= 15 is 0 Å². The Hall–Kier alpha value is -0.980. The Bertz CT molecular complexity index is 330. The van der Waals surface area contributed by atoms with Crippen molar-refractivity contribution in [3.05, 3.63) is 36.6 Å². The number of hydrogen-bond donors (Lipinski definition) is 0. The second-order valence-electron chi connectivity index (χ2n) is 6.62. The highest BCUT2D eigenvalue weighted by molar-refractivity contribution is 5.07. The van der Waals surface area contributed by atoms with Crippen molar-refractivity contribution in [3.63, 3.8) is 0 Å². The monoisotopic (exact) mass is 261 g/mol. The molecule has 1 aliphatic carbocycles. The van der Waals surface area contributed by atoms with Crippen LogP contribution in [0.1, 0.15) is 53.4 Å². The van der Waals surface area contributed by atoms with E-state index in [1.165, 1.54) is 31.4 Å². The van der Waals surface area contributed by atoms with E-state index in [4.69, 9.17) is 0 Å². The van der Waals surface area contributed by atoms with Crippen LogP contribution in [0.2, 0.25) is 0 Å². The Morgan fingerprint density at radius 3 is 2.63 bits per heavy atom.